The molecule has 2 N–H and O–H groups in total. The predicted molar refractivity (Wildman–Crippen MR) is 131 cm³/mol. The summed E-state index contributed by atoms with van der Waals surface area (Å²) < 4.78 is 49.7. The first-order chi connectivity index (χ1) is 17.2. The standard InChI is InChI=1S/C25H22FN3O6S/c26-23-20-12-18(17-8-10-28(11-9-17)25(31)32)6-7-19(20)13-21(35-15-16-4-2-1-3-5-16)24(23)29-14-22(30)27-36(29,33)34/h1-8,12-13H,9-11,14-15H2,(H,27,30)(H,31,32). The molecule has 9 nitrogen and oxygen atoms in total. The molecule has 36 heavy (non-hydrogen) atoms. The van der Waals surface area contributed by atoms with Crippen LogP contribution in [0.2, 0.25) is 0 Å². The van der Waals surface area contributed by atoms with Crippen molar-refractivity contribution in [1.29, 1.82) is 0 Å². The highest BCUT2D eigenvalue weighted by Gasteiger charge is 2.38. The smallest absolute Gasteiger partial charge is 0.407 e. The highest BCUT2D eigenvalue weighted by Crippen LogP contribution is 2.40. The number of carbonyl (C=O) groups is 2. The number of halogens is 1. The lowest BCUT2D eigenvalue weighted by Gasteiger charge is -2.24. The van der Waals surface area contributed by atoms with Gasteiger partial charge in [-0.3, -0.25) is 4.79 Å². The fourth-order valence-corrected chi connectivity index (χ4v) is 5.51. The van der Waals surface area contributed by atoms with Crippen molar-refractivity contribution in [3.63, 3.8) is 0 Å². The topological polar surface area (TPSA) is 116 Å². The zero-order chi connectivity index (χ0) is 25.4. The molecule has 0 spiro atoms. The second-order valence-corrected chi connectivity index (χ2v) is 10.1. The highest BCUT2D eigenvalue weighted by atomic mass is 32.2. The zero-order valence-electron chi connectivity index (χ0n) is 19.0. The van der Waals surface area contributed by atoms with Gasteiger partial charge in [-0.25, -0.2) is 18.2 Å². The van der Waals surface area contributed by atoms with Gasteiger partial charge in [0.05, 0.1) is 0 Å². The molecule has 0 aliphatic carbocycles. The number of amides is 2. The third kappa shape index (κ3) is 4.44. The summed E-state index contributed by atoms with van der Waals surface area (Å²) in [5.41, 5.74) is 2.03. The fraction of sp³-hybridized carbons (Fsp3) is 0.200. The molecular weight excluding hydrogens is 489 g/mol. The molecule has 2 heterocycles. The van der Waals surface area contributed by atoms with Crippen LogP contribution in [0.15, 0.2) is 60.7 Å². The number of hydrogen-bond acceptors (Lipinski definition) is 5. The molecule has 1 saturated heterocycles. The van der Waals surface area contributed by atoms with Gasteiger partial charge in [0.15, 0.2) is 5.82 Å². The van der Waals surface area contributed by atoms with Crippen LogP contribution in [0.1, 0.15) is 17.5 Å². The molecule has 0 aromatic heterocycles. The number of anilines is 1. The highest BCUT2D eigenvalue weighted by molar-refractivity contribution is 7.92. The van der Waals surface area contributed by atoms with E-state index in [9.17, 15) is 18.0 Å². The predicted octanol–water partition coefficient (Wildman–Crippen LogP) is 3.51. The molecular formula is C25H22FN3O6S. The normalized spacial score (nSPS) is 17.1. The zero-order valence-corrected chi connectivity index (χ0v) is 19.8. The van der Waals surface area contributed by atoms with Crippen LogP contribution < -0.4 is 13.8 Å². The Morgan fingerprint density at radius 1 is 1.14 bits per heavy atom. The van der Waals surface area contributed by atoms with E-state index in [4.69, 9.17) is 9.84 Å². The van der Waals surface area contributed by atoms with Crippen LogP contribution >= 0.6 is 0 Å². The summed E-state index contributed by atoms with van der Waals surface area (Å²) in [6.45, 7) is 0.0446. The first kappa shape index (κ1) is 23.6. The molecule has 0 atom stereocenters. The Hall–Kier alpha value is -4.12. The number of carboxylic acid groups (broad SMARTS) is 1. The molecule has 2 amide bonds. The second-order valence-electron chi connectivity index (χ2n) is 8.49. The summed E-state index contributed by atoms with van der Waals surface area (Å²) in [5, 5.41) is 9.81. The van der Waals surface area contributed by atoms with Crippen molar-refractivity contribution in [2.75, 3.05) is 23.9 Å². The van der Waals surface area contributed by atoms with E-state index in [0.29, 0.717) is 28.2 Å². The first-order valence-electron chi connectivity index (χ1n) is 11.2. The van der Waals surface area contributed by atoms with Gasteiger partial charge < -0.3 is 14.7 Å². The van der Waals surface area contributed by atoms with Gasteiger partial charge in [-0.1, -0.05) is 48.5 Å². The quantitative estimate of drug-likeness (QED) is 0.542. The monoisotopic (exact) mass is 511 g/mol. The SMILES string of the molecule is O=C1CN(c2c(OCc3ccccc3)cc3ccc(C4=CCN(C(=O)O)CC4)cc3c2F)S(=O)(=O)N1. The summed E-state index contributed by atoms with van der Waals surface area (Å²) in [6, 6.07) is 15.8. The van der Waals surface area contributed by atoms with Gasteiger partial charge in [0.25, 0.3) is 5.91 Å². The van der Waals surface area contributed by atoms with Crippen LogP contribution in [0, 0.1) is 5.82 Å². The minimum atomic E-state index is -4.29. The Morgan fingerprint density at radius 3 is 2.56 bits per heavy atom. The van der Waals surface area contributed by atoms with Crippen LogP contribution in [0.3, 0.4) is 0 Å². The Kier molecular flexibility index (Phi) is 6.00. The van der Waals surface area contributed by atoms with Crippen molar-refractivity contribution in [3.8, 4) is 5.75 Å². The maximum atomic E-state index is 16.1. The van der Waals surface area contributed by atoms with Crippen LogP contribution in [0.4, 0.5) is 14.9 Å². The minimum absolute atomic E-state index is 0.00865. The van der Waals surface area contributed by atoms with Crippen molar-refractivity contribution in [1.82, 2.24) is 9.62 Å². The van der Waals surface area contributed by atoms with E-state index in [0.717, 1.165) is 11.1 Å². The number of nitrogens with one attached hydrogen (secondary N) is 1. The van der Waals surface area contributed by atoms with E-state index in [1.54, 1.807) is 24.3 Å². The largest absolute Gasteiger partial charge is 0.487 e. The van der Waals surface area contributed by atoms with Gasteiger partial charge in [-0.05, 0) is 40.6 Å². The van der Waals surface area contributed by atoms with Crippen molar-refractivity contribution < 1.29 is 32.2 Å². The van der Waals surface area contributed by atoms with Crippen molar-refractivity contribution >= 4 is 44.2 Å². The summed E-state index contributed by atoms with van der Waals surface area (Å²) >= 11 is 0. The average Bonchev–Trinajstić information content (AvgIpc) is 3.14. The number of benzene rings is 3. The lowest BCUT2D eigenvalue weighted by atomic mass is 9.96. The van der Waals surface area contributed by atoms with Crippen molar-refractivity contribution in [2.45, 2.75) is 13.0 Å². The van der Waals surface area contributed by atoms with Crippen LogP contribution in [-0.2, 0) is 21.6 Å². The van der Waals surface area contributed by atoms with Crippen molar-refractivity contribution in [2.24, 2.45) is 0 Å². The van der Waals surface area contributed by atoms with E-state index in [1.165, 1.54) is 4.90 Å². The van der Waals surface area contributed by atoms with Gasteiger partial charge in [0, 0.05) is 18.5 Å². The van der Waals surface area contributed by atoms with E-state index < -0.39 is 34.6 Å². The lowest BCUT2D eigenvalue weighted by molar-refractivity contribution is -0.117. The first-order valence-corrected chi connectivity index (χ1v) is 12.6. The van der Waals surface area contributed by atoms with Gasteiger partial charge in [-0.2, -0.15) is 8.42 Å². The third-order valence-electron chi connectivity index (χ3n) is 6.17. The number of nitrogens with zero attached hydrogens (tertiary/aromatic N) is 2. The molecule has 0 bridgehead atoms. The Morgan fingerprint density at radius 2 is 1.92 bits per heavy atom. The fourth-order valence-electron chi connectivity index (χ4n) is 4.35. The molecule has 1 fully saturated rings. The van der Waals surface area contributed by atoms with E-state index in [1.807, 2.05) is 41.1 Å². The summed E-state index contributed by atoms with van der Waals surface area (Å²) in [7, 11) is -4.29. The second kappa shape index (κ2) is 9.15. The van der Waals surface area contributed by atoms with Crippen LogP contribution in [0.25, 0.3) is 16.3 Å². The van der Waals surface area contributed by atoms with Crippen LogP contribution in [0.5, 0.6) is 5.75 Å². The molecule has 186 valence electrons. The summed E-state index contributed by atoms with van der Waals surface area (Å²) in [6.07, 6.45) is 1.24. The third-order valence-corrected chi connectivity index (χ3v) is 7.55. The molecule has 3 aromatic carbocycles. The molecule has 2 aliphatic heterocycles. The number of hydrogen-bond donors (Lipinski definition) is 2. The molecule has 3 aromatic rings. The average molecular weight is 512 g/mol. The molecule has 5 rings (SSSR count). The Bertz CT molecular complexity index is 1510. The molecule has 11 heteroatoms. The van der Waals surface area contributed by atoms with Gasteiger partial charge in [0.2, 0.25) is 0 Å². The van der Waals surface area contributed by atoms with E-state index in [-0.39, 0.29) is 30.0 Å². The molecule has 0 unspecified atom stereocenters. The van der Waals surface area contributed by atoms with Crippen LogP contribution in [-0.4, -0.2) is 50.1 Å². The Labute approximate surface area is 206 Å². The van der Waals surface area contributed by atoms with E-state index >= 15 is 4.39 Å². The number of rotatable bonds is 5. The maximum Gasteiger partial charge on any atom is 0.407 e. The summed E-state index contributed by atoms with van der Waals surface area (Å²) in [4.78, 5) is 24.4. The number of ether oxygens (including phenoxy) is 1. The number of fused-ring (bicyclic) bond motifs is 1. The van der Waals surface area contributed by atoms with Gasteiger partial charge >= 0.3 is 16.3 Å². The van der Waals surface area contributed by atoms with Crippen molar-refractivity contribution in [3.05, 3.63) is 77.6 Å². The molecule has 0 radical (unpaired) electrons. The van der Waals surface area contributed by atoms with E-state index in [2.05, 4.69) is 0 Å². The van der Waals surface area contributed by atoms with Gasteiger partial charge in [0.1, 0.15) is 24.6 Å². The van der Waals surface area contributed by atoms with Gasteiger partial charge in [-0.15, -0.1) is 0 Å². The lowest BCUT2D eigenvalue weighted by Crippen LogP contribution is -2.33. The number of carbonyl (C=O) groups excluding carboxylic acids is 1. The summed E-state index contributed by atoms with van der Waals surface area (Å²) in [5.74, 6) is -1.61. The minimum Gasteiger partial charge on any atom is -0.487 e. The Balaban J connectivity index is 1.59. The molecule has 0 saturated carbocycles. The maximum absolute atomic E-state index is 16.1. The molecule has 2 aliphatic rings.